The number of aliphatic hydroxyl groups is 1. The van der Waals surface area contributed by atoms with E-state index in [1.54, 1.807) is 6.20 Å². The molecule has 7 heteroatoms. The smallest absolute Gasteiger partial charge is 0.184 e. The maximum Gasteiger partial charge on any atom is 0.184 e. The number of aliphatic hydroxyl groups excluding tert-OH is 1. The molecule has 0 radical (unpaired) electrons. The number of rotatable bonds is 5. The normalized spacial score (nSPS) is 29.9. The van der Waals surface area contributed by atoms with Crippen LogP contribution in [0.5, 0.6) is 0 Å². The number of hydrogen-bond donors (Lipinski definition) is 1. The molecule has 2 aliphatic heterocycles. The van der Waals surface area contributed by atoms with Crippen LogP contribution in [0, 0.1) is 3.70 Å². The molecule has 3 aromatic rings. The Bertz CT molecular complexity index is 1020. The van der Waals surface area contributed by atoms with E-state index in [-0.39, 0.29) is 12.7 Å². The van der Waals surface area contributed by atoms with Gasteiger partial charge in [-0.25, -0.2) is 0 Å². The lowest BCUT2D eigenvalue weighted by molar-refractivity contribution is -0.384. The fourth-order valence-corrected chi connectivity index (χ4v) is 4.78. The molecule has 0 spiro atoms. The van der Waals surface area contributed by atoms with Crippen molar-refractivity contribution in [2.45, 2.75) is 43.4 Å². The molecule has 166 valence electrons. The van der Waals surface area contributed by atoms with Crippen molar-refractivity contribution in [2.24, 2.45) is 0 Å². The van der Waals surface area contributed by atoms with Crippen LogP contribution in [0.4, 0.5) is 0 Å². The van der Waals surface area contributed by atoms with E-state index < -0.39 is 30.9 Å². The Morgan fingerprint density at radius 1 is 0.750 bits per heavy atom. The topological polar surface area (TPSA) is 70.0 Å². The molecule has 2 fully saturated rings. The van der Waals surface area contributed by atoms with Crippen molar-refractivity contribution in [1.82, 2.24) is 4.98 Å². The molecule has 0 amide bonds. The van der Waals surface area contributed by atoms with Crippen LogP contribution in [-0.4, -0.2) is 41.1 Å². The van der Waals surface area contributed by atoms with Crippen LogP contribution in [0.25, 0.3) is 0 Å². The Balaban J connectivity index is 1.47. The number of pyridine rings is 1. The third-order valence-corrected chi connectivity index (χ3v) is 6.36. The van der Waals surface area contributed by atoms with E-state index in [2.05, 4.69) is 27.6 Å². The summed E-state index contributed by atoms with van der Waals surface area (Å²) < 4.78 is 26.2. The molecule has 0 saturated carbocycles. The number of halogens is 1. The maximum absolute atomic E-state index is 10.2. The summed E-state index contributed by atoms with van der Waals surface area (Å²) in [5, 5.41) is 10.2. The van der Waals surface area contributed by atoms with Gasteiger partial charge in [-0.1, -0.05) is 60.7 Å². The second-order valence-electron chi connectivity index (χ2n) is 7.91. The maximum atomic E-state index is 10.2. The molecule has 3 heterocycles. The zero-order chi connectivity index (χ0) is 21.9. The minimum atomic E-state index is -0.602. The zero-order valence-electron chi connectivity index (χ0n) is 17.3. The molecule has 1 aromatic heterocycles. The first-order valence-corrected chi connectivity index (χ1v) is 11.7. The average molecular weight is 545 g/mol. The van der Waals surface area contributed by atoms with Crippen molar-refractivity contribution >= 4 is 22.6 Å². The number of ether oxygens (including phenoxy) is 4. The Kier molecular flexibility index (Phi) is 6.82. The first-order chi connectivity index (χ1) is 15.7. The molecule has 0 bridgehead atoms. The van der Waals surface area contributed by atoms with Crippen LogP contribution in [0.15, 0.2) is 79.0 Å². The van der Waals surface area contributed by atoms with E-state index in [0.29, 0.717) is 6.42 Å². The average Bonchev–Trinajstić information content (AvgIpc) is 2.84. The zero-order valence-corrected chi connectivity index (χ0v) is 19.4. The van der Waals surface area contributed by atoms with E-state index in [1.165, 1.54) is 0 Å². The van der Waals surface area contributed by atoms with Gasteiger partial charge < -0.3 is 24.1 Å². The molecule has 0 aliphatic carbocycles. The molecule has 6 nitrogen and oxygen atoms in total. The number of aromatic nitrogens is 1. The van der Waals surface area contributed by atoms with E-state index >= 15 is 0 Å². The summed E-state index contributed by atoms with van der Waals surface area (Å²) >= 11 is 2.21. The third-order valence-electron chi connectivity index (χ3n) is 5.77. The van der Waals surface area contributed by atoms with Gasteiger partial charge in [0.15, 0.2) is 12.6 Å². The van der Waals surface area contributed by atoms with Gasteiger partial charge >= 0.3 is 0 Å². The quantitative estimate of drug-likeness (QED) is 0.383. The van der Waals surface area contributed by atoms with E-state index in [4.69, 9.17) is 18.9 Å². The van der Waals surface area contributed by atoms with Gasteiger partial charge in [-0.2, -0.15) is 0 Å². The Labute approximate surface area is 200 Å². The highest BCUT2D eigenvalue weighted by Gasteiger charge is 2.49. The fraction of sp³-hybridized carbons (Fsp3) is 0.320. The van der Waals surface area contributed by atoms with Crippen LogP contribution < -0.4 is 0 Å². The first-order valence-electron chi connectivity index (χ1n) is 10.6. The summed E-state index contributed by atoms with van der Waals surface area (Å²) in [4.78, 5) is 4.29. The predicted molar refractivity (Wildman–Crippen MR) is 126 cm³/mol. The summed E-state index contributed by atoms with van der Waals surface area (Å²) in [6, 6.07) is 23.6. The first kappa shape index (κ1) is 21.9. The monoisotopic (exact) mass is 545 g/mol. The summed E-state index contributed by atoms with van der Waals surface area (Å²) in [7, 11) is 0. The molecule has 6 unspecified atom stereocenters. The van der Waals surface area contributed by atoms with Crippen molar-refractivity contribution in [2.75, 3.05) is 6.61 Å². The molecule has 32 heavy (non-hydrogen) atoms. The molecule has 1 N–H and O–H groups in total. The Morgan fingerprint density at radius 3 is 1.88 bits per heavy atom. The second kappa shape index (κ2) is 9.94. The van der Waals surface area contributed by atoms with Crippen molar-refractivity contribution in [3.05, 3.63) is 99.4 Å². The van der Waals surface area contributed by atoms with Crippen molar-refractivity contribution in [1.29, 1.82) is 0 Å². The molecule has 2 aromatic carbocycles. The number of benzene rings is 2. The summed E-state index contributed by atoms with van der Waals surface area (Å²) in [5.74, 6) is 0. The van der Waals surface area contributed by atoms with Crippen molar-refractivity contribution in [3.63, 3.8) is 0 Å². The largest absolute Gasteiger partial charge is 0.394 e. The van der Waals surface area contributed by atoms with Gasteiger partial charge in [-0.3, -0.25) is 4.98 Å². The molecular weight excluding hydrogens is 521 g/mol. The summed E-state index contributed by atoms with van der Waals surface area (Å²) in [6.45, 7) is -0.171. The minimum Gasteiger partial charge on any atom is -0.394 e. The van der Waals surface area contributed by atoms with Crippen LogP contribution in [0.3, 0.4) is 0 Å². The van der Waals surface area contributed by atoms with E-state index in [1.807, 2.05) is 72.8 Å². The van der Waals surface area contributed by atoms with Gasteiger partial charge in [-0.15, -0.1) is 0 Å². The van der Waals surface area contributed by atoms with Crippen LogP contribution in [0.2, 0.25) is 0 Å². The lowest BCUT2D eigenvalue weighted by atomic mass is 9.94. The Morgan fingerprint density at radius 2 is 1.31 bits per heavy atom. The molecule has 6 atom stereocenters. The summed E-state index contributed by atoms with van der Waals surface area (Å²) in [5.41, 5.74) is 2.92. The van der Waals surface area contributed by atoms with Gasteiger partial charge in [0.1, 0.15) is 22.0 Å². The van der Waals surface area contributed by atoms with Gasteiger partial charge in [0.25, 0.3) is 0 Å². The molecular formula is C25H24INO5. The molecule has 2 saturated heterocycles. The lowest BCUT2D eigenvalue weighted by Gasteiger charge is -2.49. The van der Waals surface area contributed by atoms with Gasteiger partial charge in [0, 0.05) is 23.7 Å². The lowest BCUT2D eigenvalue weighted by Crippen LogP contribution is -2.59. The standard InChI is InChI=1S/C25H24INO5/c26-21-14-16(11-12-27-21)13-19-22-23(32-24(29-19)17-7-3-1-4-8-17)20(15-28)30-25(31-22)18-9-5-2-6-10-18/h1-12,14,19-20,22-25,28H,13,15H2. The molecule has 5 rings (SSSR count). The predicted octanol–water partition coefficient (Wildman–Crippen LogP) is 4.19. The number of fused-ring (bicyclic) bond motifs is 1. The highest BCUT2D eigenvalue weighted by molar-refractivity contribution is 14.1. The second-order valence-corrected chi connectivity index (χ2v) is 9.01. The number of nitrogens with zero attached hydrogens (tertiary/aromatic N) is 1. The SMILES string of the molecule is OCC1OC(c2ccccc2)OC2C(Cc3ccnc(I)c3)OC(c3ccccc3)OC12. The Hall–Kier alpha value is -1.88. The van der Waals surface area contributed by atoms with Crippen molar-refractivity contribution < 1.29 is 24.1 Å². The van der Waals surface area contributed by atoms with E-state index in [0.717, 1.165) is 20.4 Å². The van der Waals surface area contributed by atoms with Crippen LogP contribution >= 0.6 is 22.6 Å². The van der Waals surface area contributed by atoms with Gasteiger partial charge in [0.05, 0.1) is 12.7 Å². The van der Waals surface area contributed by atoms with E-state index in [9.17, 15) is 5.11 Å². The molecule has 2 aliphatic rings. The van der Waals surface area contributed by atoms with Gasteiger partial charge in [0.2, 0.25) is 0 Å². The van der Waals surface area contributed by atoms with Gasteiger partial charge in [-0.05, 0) is 40.3 Å². The van der Waals surface area contributed by atoms with Crippen molar-refractivity contribution in [3.8, 4) is 0 Å². The third kappa shape index (κ3) is 4.73. The summed E-state index contributed by atoms with van der Waals surface area (Å²) in [6.07, 6.45) is -0.437. The minimum absolute atomic E-state index is 0.171. The highest BCUT2D eigenvalue weighted by atomic mass is 127. The highest BCUT2D eigenvalue weighted by Crippen LogP contribution is 2.41. The fourth-order valence-electron chi connectivity index (χ4n) is 4.22. The number of hydrogen-bond acceptors (Lipinski definition) is 6. The van der Waals surface area contributed by atoms with Crippen LogP contribution in [0.1, 0.15) is 29.3 Å². The van der Waals surface area contributed by atoms with Crippen LogP contribution in [-0.2, 0) is 25.4 Å².